The van der Waals surface area contributed by atoms with Crippen molar-refractivity contribution in [2.24, 2.45) is 0 Å². The van der Waals surface area contributed by atoms with Crippen LogP contribution in [-0.4, -0.2) is 21.8 Å². The molecule has 1 heterocycles. The predicted molar refractivity (Wildman–Crippen MR) is 92.1 cm³/mol. The molecule has 0 unspecified atom stereocenters. The summed E-state index contributed by atoms with van der Waals surface area (Å²) < 4.78 is 0. The molecule has 0 radical (unpaired) electrons. The summed E-state index contributed by atoms with van der Waals surface area (Å²) in [6, 6.07) is 16.4. The number of anilines is 2. The lowest BCUT2D eigenvalue weighted by Crippen LogP contribution is -2.20. The lowest BCUT2D eigenvalue weighted by Gasteiger charge is -2.07. The number of amides is 2. The molecule has 120 valence electrons. The normalized spacial score (nSPS) is 10.2. The standard InChI is InChI=1S/C18H16N4O2/c1-12-7-9-14(10-8-12)22-18(24)16-15(19-11-20-16)17(23)21-13-5-3-2-4-6-13/h2-11H,1H3,(H,19,20)(H,21,23)(H,22,24). The molecule has 0 saturated carbocycles. The Labute approximate surface area is 138 Å². The van der Waals surface area contributed by atoms with Crippen LogP contribution in [0.15, 0.2) is 60.9 Å². The average molecular weight is 320 g/mol. The summed E-state index contributed by atoms with van der Waals surface area (Å²) in [4.78, 5) is 31.4. The molecule has 0 saturated heterocycles. The minimum Gasteiger partial charge on any atom is -0.340 e. The Bertz CT molecular complexity index is 854. The van der Waals surface area contributed by atoms with Gasteiger partial charge in [0.25, 0.3) is 11.8 Å². The van der Waals surface area contributed by atoms with Crippen LogP contribution in [0.5, 0.6) is 0 Å². The van der Waals surface area contributed by atoms with E-state index in [-0.39, 0.29) is 11.4 Å². The number of rotatable bonds is 4. The zero-order valence-corrected chi connectivity index (χ0v) is 13.0. The molecule has 24 heavy (non-hydrogen) atoms. The van der Waals surface area contributed by atoms with E-state index in [4.69, 9.17) is 0 Å². The highest BCUT2D eigenvalue weighted by Gasteiger charge is 2.20. The van der Waals surface area contributed by atoms with E-state index in [0.717, 1.165) is 5.56 Å². The van der Waals surface area contributed by atoms with Gasteiger partial charge in [-0.15, -0.1) is 0 Å². The van der Waals surface area contributed by atoms with Crippen molar-refractivity contribution in [3.8, 4) is 0 Å². The number of hydrogen-bond donors (Lipinski definition) is 3. The molecule has 0 aliphatic rings. The van der Waals surface area contributed by atoms with Crippen molar-refractivity contribution in [1.82, 2.24) is 9.97 Å². The summed E-state index contributed by atoms with van der Waals surface area (Å²) in [6.07, 6.45) is 1.32. The number of benzene rings is 2. The Kier molecular flexibility index (Phi) is 4.38. The first-order chi connectivity index (χ1) is 11.6. The van der Waals surface area contributed by atoms with E-state index in [9.17, 15) is 9.59 Å². The van der Waals surface area contributed by atoms with Crippen LogP contribution in [0.4, 0.5) is 11.4 Å². The van der Waals surface area contributed by atoms with Gasteiger partial charge in [-0.05, 0) is 31.2 Å². The third-order valence-corrected chi connectivity index (χ3v) is 3.42. The SMILES string of the molecule is Cc1ccc(NC(=O)c2[nH]cnc2C(=O)Nc2ccccc2)cc1. The zero-order valence-electron chi connectivity index (χ0n) is 13.0. The molecule has 3 N–H and O–H groups in total. The first-order valence-electron chi connectivity index (χ1n) is 7.41. The van der Waals surface area contributed by atoms with Gasteiger partial charge in [0.05, 0.1) is 6.33 Å². The van der Waals surface area contributed by atoms with Gasteiger partial charge in [-0.1, -0.05) is 35.9 Å². The fraction of sp³-hybridized carbons (Fsp3) is 0.0556. The number of para-hydroxylation sites is 1. The molecule has 0 aliphatic carbocycles. The Balaban J connectivity index is 1.75. The van der Waals surface area contributed by atoms with Crippen LogP contribution in [0.2, 0.25) is 0 Å². The van der Waals surface area contributed by atoms with Crippen molar-refractivity contribution in [2.75, 3.05) is 10.6 Å². The number of aromatic amines is 1. The first kappa shape index (κ1) is 15.5. The lowest BCUT2D eigenvalue weighted by atomic mass is 10.2. The number of hydrogen-bond acceptors (Lipinski definition) is 3. The number of H-pyrrole nitrogens is 1. The predicted octanol–water partition coefficient (Wildman–Crippen LogP) is 3.22. The average Bonchev–Trinajstić information content (AvgIpc) is 3.08. The number of aromatic nitrogens is 2. The summed E-state index contributed by atoms with van der Waals surface area (Å²) in [5.41, 5.74) is 2.54. The van der Waals surface area contributed by atoms with Gasteiger partial charge >= 0.3 is 0 Å². The molecule has 0 spiro atoms. The Morgan fingerprint density at radius 1 is 0.875 bits per heavy atom. The molecular formula is C18H16N4O2. The molecule has 6 nitrogen and oxygen atoms in total. The second-order valence-electron chi connectivity index (χ2n) is 5.27. The zero-order chi connectivity index (χ0) is 16.9. The summed E-state index contributed by atoms with van der Waals surface area (Å²) in [5, 5.41) is 5.45. The maximum atomic E-state index is 12.4. The number of carbonyl (C=O) groups is 2. The summed E-state index contributed by atoms with van der Waals surface area (Å²) in [7, 11) is 0. The molecule has 3 rings (SSSR count). The molecule has 0 bridgehead atoms. The second kappa shape index (κ2) is 6.78. The number of aryl methyl sites for hydroxylation is 1. The number of imidazole rings is 1. The van der Waals surface area contributed by atoms with Crippen molar-refractivity contribution in [3.63, 3.8) is 0 Å². The third-order valence-electron chi connectivity index (χ3n) is 3.42. The van der Waals surface area contributed by atoms with E-state index >= 15 is 0 Å². The van der Waals surface area contributed by atoms with Crippen molar-refractivity contribution < 1.29 is 9.59 Å². The summed E-state index contributed by atoms with van der Waals surface area (Å²) >= 11 is 0. The summed E-state index contributed by atoms with van der Waals surface area (Å²) in [5.74, 6) is -0.869. The Morgan fingerprint density at radius 3 is 2.21 bits per heavy atom. The van der Waals surface area contributed by atoms with E-state index in [2.05, 4.69) is 20.6 Å². The van der Waals surface area contributed by atoms with Crippen LogP contribution in [-0.2, 0) is 0 Å². The van der Waals surface area contributed by atoms with Crippen molar-refractivity contribution in [1.29, 1.82) is 0 Å². The molecule has 0 atom stereocenters. The highest BCUT2D eigenvalue weighted by molar-refractivity contribution is 6.13. The van der Waals surface area contributed by atoms with Gasteiger partial charge in [0, 0.05) is 11.4 Å². The fourth-order valence-corrected chi connectivity index (χ4v) is 2.18. The Morgan fingerprint density at radius 2 is 1.50 bits per heavy atom. The van der Waals surface area contributed by atoms with Gasteiger partial charge in [0.15, 0.2) is 5.69 Å². The quantitative estimate of drug-likeness (QED) is 0.690. The van der Waals surface area contributed by atoms with Crippen LogP contribution >= 0.6 is 0 Å². The highest BCUT2D eigenvalue weighted by atomic mass is 16.2. The van der Waals surface area contributed by atoms with Crippen molar-refractivity contribution in [2.45, 2.75) is 6.92 Å². The number of carbonyl (C=O) groups excluding carboxylic acids is 2. The van der Waals surface area contributed by atoms with E-state index in [0.29, 0.717) is 11.4 Å². The molecule has 0 aliphatic heterocycles. The van der Waals surface area contributed by atoms with Crippen LogP contribution in [0.1, 0.15) is 26.5 Å². The van der Waals surface area contributed by atoms with Crippen LogP contribution < -0.4 is 10.6 Å². The minimum atomic E-state index is -0.448. The smallest absolute Gasteiger partial charge is 0.276 e. The minimum absolute atomic E-state index is 0.0449. The number of nitrogens with one attached hydrogen (secondary N) is 3. The van der Waals surface area contributed by atoms with Gasteiger partial charge in [0.1, 0.15) is 5.69 Å². The fourth-order valence-electron chi connectivity index (χ4n) is 2.18. The van der Waals surface area contributed by atoms with Gasteiger partial charge in [0.2, 0.25) is 0 Å². The van der Waals surface area contributed by atoms with Gasteiger partial charge in [-0.25, -0.2) is 4.98 Å². The van der Waals surface area contributed by atoms with Gasteiger partial charge in [-0.2, -0.15) is 0 Å². The monoisotopic (exact) mass is 320 g/mol. The Hall–Kier alpha value is -3.41. The van der Waals surface area contributed by atoms with Crippen molar-refractivity contribution >= 4 is 23.2 Å². The van der Waals surface area contributed by atoms with E-state index in [1.807, 2.05) is 37.3 Å². The molecule has 1 aromatic heterocycles. The van der Waals surface area contributed by atoms with Gasteiger partial charge in [-0.3, -0.25) is 9.59 Å². The van der Waals surface area contributed by atoms with Crippen LogP contribution in [0.25, 0.3) is 0 Å². The number of nitrogens with zero attached hydrogens (tertiary/aromatic N) is 1. The van der Waals surface area contributed by atoms with E-state index in [1.165, 1.54) is 6.33 Å². The summed E-state index contributed by atoms with van der Waals surface area (Å²) in [6.45, 7) is 1.96. The molecule has 6 heteroatoms. The van der Waals surface area contributed by atoms with E-state index in [1.54, 1.807) is 24.3 Å². The largest absolute Gasteiger partial charge is 0.340 e. The molecule has 2 amide bonds. The third kappa shape index (κ3) is 3.49. The molecular weight excluding hydrogens is 304 g/mol. The van der Waals surface area contributed by atoms with Crippen LogP contribution in [0, 0.1) is 6.92 Å². The highest BCUT2D eigenvalue weighted by Crippen LogP contribution is 2.13. The molecule has 3 aromatic rings. The van der Waals surface area contributed by atoms with Crippen LogP contribution in [0.3, 0.4) is 0 Å². The first-order valence-corrected chi connectivity index (χ1v) is 7.41. The topological polar surface area (TPSA) is 86.9 Å². The van der Waals surface area contributed by atoms with Crippen molar-refractivity contribution in [3.05, 3.63) is 77.9 Å². The maximum Gasteiger partial charge on any atom is 0.276 e. The second-order valence-corrected chi connectivity index (χ2v) is 5.27. The molecule has 2 aromatic carbocycles. The maximum absolute atomic E-state index is 12.4. The lowest BCUT2D eigenvalue weighted by molar-refractivity contribution is 0.0985. The molecule has 0 fully saturated rings. The van der Waals surface area contributed by atoms with Gasteiger partial charge < -0.3 is 15.6 Å². The van der Waals surface area contributed by atoms with E-state index < -0.39 is 11.8 Å².